The number of hydrogen-bond donors (Lipinski definition) is 1. The van der Waals surface area contributed by atoms with Crippen LogP contribution in [-0.4, -0.2) is 10.1 Å². The van der Waals surface area contributed by atoms with Crippen LogP contribution in [0.5, 0.6) is 0 Å². The van der Waals surface area contributed by atoms with Gasteiger partial charge in [0.2, 0.25) is 0 Å². The first-order chi connectivity index (χ1) is 7.88. The molecule has 2 aromatic rings. The summed E-state index contributed by atoms with van der Waals surface area (Å²) in [6.45, 7) is 8.09. The van der Waals surface area contributed by atoms with Crippen molar-refractivity contribution in [3.05, 3.63) is 41.6 Å². The van der Waals surface area contributed by atoms with Crippen LogP contribution in [0.2, 0.25) is 0 Å². The number of hydrogen-bond acceptors (Lipinski definition) is 2. The van der Waals surface area contributed by atoms with Crippen LogP contribution in [0, 0.1) is 12.3 Å². The maximum atomic E-state index is 10.3. The van der Waals surface area contributed by atoms with Gasteiger partial charge in [-0.3, -0.25) is 4.98 Å². The summed E-state index contributed by atoms with van der Waals surface area (Å²) in [5.74, 6) is 0. The minimum Gasteiger partial charge on any atom is -0.388 e. The highest BCUT2D eigenvalue weighted by molar-refractivity contribution is 5.79. The molecule has 1 atom stereocenters. The first-order valence-corrected chi connectivity index (χ1v) is 5.93. The van der Waals surface area contributed by atoms with E-state index >= 15 is 0 Å². The number of rotatable bonds is 1. The average Bonchev–Trinajstić information content (AvgIpc) is 2.26. The van der Waals surface area contributed by atoms with Gasteiger partial charge in [0.25, 0.3) is 0 Å². The van der Waals surface area contributed by atoms with E-state index in [9.17, 15) is 5.11 Å². The van der Waals surface area contributed by atoms with Gasteiger partial charge in [0.05, 0.1) is 11.6 Å². The van der Waals surface area contributed by atoms with Crippen molar-refractivity contribution >= 4 is 10.9 Å². The smallest absolute Gasteiger partial charge is 0.0838 e. The van der Waals surface area contributed by atoms with Crippen molar-refractivity contribution in [2.75, 3.05) is 0 Å². The molecule has 0 radical (unpaired) electrons. The van der Waals surface area contributed by atoms with E-state index in [0.29, 0.717) is 0 Å². The SMILES string of the molecule is Cc1ccc2cc(C(O)C(C)(C)C)ccc2n1. The standard InChI is InChI=1S/C15H19NO/c1-10-5-6-11-9-12(7-8-13(11)16-10)14(17)15(2,3)4/h5-9,14,17H,1-4H3. The van der Waals surface area contributed by atoms with E-state index in [4.69, 9.17) is 0 Å². The van der Waals surface area contributed by atoms with Crippen LogP contribution >= 0.6 is 0 Å². The van der Waals surface area contributed by atoms with Gasteiger partial charge in [-0.15, -0.1) is 0 Å². The molecule has 17 heavy (non-hydrogen) atoms. The molecule has 90 valence electrons. The van der Waals surface area contributed by atoms with Gasteiger partial charge in [-0.05, 0) is 36.1 Å². The zero-order chi connectivity index (χ0) is 12.6. The van der Waals surface area contributed by atoms with Crippen LogP contribution in [0.1, 0.15) is 38.1 Å². The van der Waals surface area contributed by atoms with Crippen molar-refractivity contribution in [1.82, 2.24) is 4.98 Å². The Morgan fingerprint density at radius 2 is 1.82 bits per heavy atom. The number of fused-ring (bicyclic) bond motifs is 1. The van der Waals surface area contributed by atoms with Gasteiger partial charge >= 0.3 is 0 Å². The Labute approximate surface area is 102 Å². The van der Waals surface area contributed by atoms with Crippen LogP contribution in [0.4, 0.5) is 0 Å². The number of aromatic nitrogens is 1. The lowest BCUT2D eigenvalue weighted by Gasteiger charge is -2.26. The van der Waals surface area contributed by atoms with Gasteiger partial charge in [-0.25, -0.2) is 0 Å². The highest BCUT2D eigenvalue weighted by Gasteiger charge is 2.23. The fourth-order valence-electron chi connectivity index (χ4n) is 1.92. The van der Waals surface area contributed by atoms with Gasteiger partial charge in [0, 0.05) is 11.1 Å². The predicted molar refractivity (Wildman–Crippen MR) is 70.9 cm³/mol. The number of aryl methyl sites for hydroxylation is 1. The summed E-state index contributed by atoms with van der Waals surface area (Å²) in [4.78, 5) is 4.46. The molecule has 1 aromatic heterocycles. The van der Waals surface area contributed by atoms with E-state index in [0.717, 1.165) is 22.2 Å². The van der Waals surface area contributed by atoms with Crippen molar-refractivity contribution in [1.29, 1.82) is 0 Å². The first-order valence-electron chi connectivity index (χ1n) is 5.93. The molecule has 0 amide bonds. The normalized spacial score (nSPS) is 13.9. The lowest BCUT2D eigenvalue weighted by molar-refractivity contribution is 0.0628. The molecule has 0 bridgehead atoms. The maximum Gasteiger partial charge on any atom is 0.0838 e. The molecule has 1 aromatic carbocycles. The molecule has 2 rings (SSSR count). The lowest BCUT2D eigenvalue weighted by atomic mass is 9.84. The monoisotopic (exact) mass is 229 g/mol. The van der Waals surface area contributed by atoms with Crippen molar-refractivity contribution in [2.45, 2.75) is 33.8 Å². The summed E-state index contributed by atoms with van der Waals surface area (Å²) >= 11 is 0. The second-order valence-electron chi connectivity index (χ2n) is 5.67. The van der Waals surface area contributed by atoms with Crippen molar-refractivity contribution < 1.29 is 5.11 Å². The van der Waals surface area contributed by atoms with Gasteiger partial charge < -0.3 is 5.11 Å². The van der Waals surface area contributed by atoms with Crippen molar-refractivity contribution in [2.24, 2.45) is 5.41 Å². The molecule has 0 saturated carbocycles. The van der Waals surface area contributed by atoms with Crippen molar-refractivity contribution in [3.8, 4) is 0 Å². The minimum absolute atomic E-state index is 0.147. The summed E-state index contributed by atoms with van der Waals surface area (Å²) in [6, 6.07) is 10.0. The summed E-state index contributed by atoms with van der Waals surface area (Å²) in [6.07, 6.45) is -0.451. The molecule has 0 aliphatic heterocycles. The van der Waals surface area contributed by atoms with Crippen LogP contribution in [-0.2, 0) is 0 Å². The minimum atomic E-state index is -0.451. The number of aliphatic hydroxyl groups is 1. The second kappa shape index (κ2) is 4.11. The van der Waals surface area contributed by atoms with Gasteiger partial charge in [-0.1, -0.05) is 32.9 Å². The highest BCUT2D eigenvalue weighted by atomic mass is 16.3. The average molecular weight is 229 g/mol. The number of aliphatic hydroxyl groups excluding tert-OH is 1. The third kappa shape index (κ3) is 2.47. The van der Waals surface area contributed by atoms with Crippen LogP contribution in [0.15, 0.2) is 30.3 Å². The molecule has 0 aliphatic carbocycles. The Balaban J connectivity index is 2.48. The Hall–Kier alpha value is -1.41. The second-order valence-corrected chi connectivity index (χ2v) is 5.67. The third-order valence-electron chi connectivity index (χ3n) is 2.99. The van der Waals surface area contributed by atoms with Crippen molar-refractivity contribution in [3.63, 3.8) is 0 Å². The molecular weight excluding hydrogens is 210 g/mol. The van der Waals surface area contributed by atoms with Gasteiger partial charge in [0.15, 0.2) is 0 Å². The van der Waals surface area contributed by atoms with Crippen LogP contribution < -0.4 is 0 Å². The van der Waals surface area contributed by atoms with Gasteiger partial charge in [-0.2, -0.15) is 0 Å². The number of benzene rings is 1. The Morgan fingerprint density at radius 1 is 1.12 bits per heavy atom. The summed E-state index contributed by atoms with van der Waals surface area (Å²) in [5, 5.41) is 11.3. The van der Waals surface area contributed by atoms with E-state index in [1.165, 1.54) is 0 Å². The quantitative estimate of drug-likeness (QED) is 0.810. The Morgan fingerprint density at radius 3 is 2.47 bits per heavy atom. The predicted octanol–water partition coefficient (Wildman–Crippen LogP) is 3.62. The van der Waals surface area contributed by atoms with Crippen LogP contribution in [0.25, 0.3) is 10.9 Å². The number of pyridine rings is 1. The maximum absolute atomic E-state index is 10.3. The molecule has 0 aliphatic rings. The van der Waals surface area contributed by atoms with E-state index in [2.05, 4.69) is 11.1 Å². The molecule has 1 heterocycles. The van der Waals surface area contributed by atoms with Gasteiger partial charge in [0.1, 0.15) is 0 Å². The molecule has 0 spiro atoms. The Kier molecular flexibility index (Phi) is 2.92. The lowest BCUT2D eigenvalue weighted by Crippen LogP contribution is -2.17. The van der Waals surface area contributed by atoms with Crippen LogP contribution in [0.3, 0.4) is 0 Å². The molecule has 2 heteroatoms. The molecule has 0 saturated heterocycles. The highest BCUT2D eigenvalue weighted by Crippen LogP contribution is 2.33. The largest absolute Gasteiger partial charge is 0.388 e. The molecule has 1 N–H and O–H groups in total. The molecule has 2 nitrogen and oxygen atoms in total. The van der Waals surface area contributed by atoms with E-state index in [-0.39, 0.29) is 5.41 Å². The topological polar surface area (TPSA) is 33.1 Å². The third-order valence-corrected chi connectivity index (χ3v) is 2.99. The van der Waals surface area contributed by atoms with E-state index in [1.807, 2.05) is 52.0 Å². The molecular formula is C15H19NO. The fraction of sp³-hybridized carbons (Fsp3) is 0.400. The summed E-state index contributed by atoms with van der Waals surface area (Å²) in [7, 11) is 0. The zero-order valence-corrected chi connectivity index (χ0v) is 10.9. The molecule has 1 unspecified atom stereocenters. The number of nitrogens with zero attached hydrogens (tertiary/aromatic N) is 1. The summed E-state index contributed by atoms with van der Waals surface area (Å²) < 4.78 is 0. The Bertz CT molecular complexity index is 540. The first kappa shape index (κ1) is 12.1. The summed E-state index contributed by atoms with van der Waals surface area (Å²) in [5.41, 5.74) is 2.80. The van der Waals surface area contributed by atoms with E-state index < -0.39 is 6.10 Å². The fourth-order valence-corrected chi connectivity index (χ4v) is 1.92. The van der Waals surface area contributed by atoms with E-state index in [1.54, 1.807) is 0 Å². The molecule has 0 fully saturated rings. The zero-order valence-electron chi connectivity index (χ0n) is 10.9.